The van der Waals surface area contributed by atoms with E-state index < -0.39 is 0 Å². The maximum atomic E-state index is 8.72. The molecule has 0 N–H and O–H groups in total. The zero-order chi connectivity index (χ0) is 9.68. The van der Waals surface area contributed by atoms with Crippen LogP contribution in [0.2, 0.25) is 0 Å². The Bertz CT molecular complexity index is 317. The number of aromatic nitrogens is 2. The van der Waals surface area contributed by atoms with Gasteiger partial charge in [0, 0.05) is 18.1 Å². The van der Waals surface area contributed by atoms with Crippen LogP contribution in [0.4, 0.5) is 0 Å². The lowest BCUT2D eigenvalue weighted by molar-refractivity contribution is 0.749. The summed E-state index contributed by atoms with van der Waals surface area (Å²) in [6, 6.07) is 2.02. The molecule has 68 valence electrons. The summed E-state index contributed by atoms with van der Waals surface area (Å²) in [7, 11) is 0. The van der Waals surface area contributed by atoms with Crippen LogP contribution in [0.5, 0.6) is 0 Å². The molecule has 0 saturated carbocycles. The molecule has 0 spiro atoms. The van der Waals surface area contributed by atoms with E-state index in [2.05, 4.69) is 23.8 Å². The molecule has 4 heteroatoms. The van der Waals surface area contributed by atoms with Gasteiger partial charge in [-0.15, -0.1) is 11.8 Å². The van der Waals surface area contributed by atoms with Crippen LogP contribution in [-0.4, -0.2) is 15.7 Å². The first-order chi connectivity index (χ1) is 6.24. The van der Waals surface area contributed by atoms with Gasteiger partial charge in [0.15, 0.2) is 5.69 Å². The Hall–Kier alpha value is -1.08. The summed E-state index contributed by atoms with van der Waals surface area (Å²) >= 11 is 1.58. The van der Waals surface area contributed by atoms with Gasteiger partial charge in [0.05, 0.1) is 0 Å². The topological polar surface area (TPSA) is 49.6 Å². The lowest BCUT2D eigenvalue weighted by Crippen LogP contribution is -1.95. The number of hydrogen-bond acceptors (Lipinski definition) is 4. The van der Waals surface area contributed by atoms with Crippen LogP contribution < -0.4 is 0 Å². The molecule has 13 heavy (non-hydrogen) atoms. The fourth-order valence-corrected chi connectivity index (χ4v) is 1.61. The third-order valence-electron chi connectivity index (χ3n) is 1.32. The molecule has 0 amide bonds. The highest BCUT2D eigenvalue weighted by atomic mass is 32.2. The largest absolute Gasteiger partial charge is 0.245 e. The second-order valence-corrected chi connectivity index (χ2v) is 4.04. The van der Waals surface area contributed by atoms with Crippen molar-refractivity contribution >= 4 is 11.8 Å². The average molecular weight is 193 g/mol. The Morgan fingerprint density at radius 3 is 2.77 bits per heavy atom. The molecule has 1 aromatic rings. The Balaban J connectivity index is 2.71. The second-order valence-electron chi connectivity index (χ2n) is 3.03. The van der Waals surface area contributed by atoms with Crippen LogP contribution in [0.1, 0.15) is 19.5 Å². The van der Waals surface area contributed by atoms with Crippen molar-refractivity contribution in [2.75, 3.05) is 5.75 Å². The minimum atomic E-state index is 0.424. The van der Waals surface area contributed by atoms with Crippen molar-refractivity contribution in [3.05, 3.63) is 18.1 Å². The second kappa shape index (κ2) is 4.83. The third kappa shape index (κ3) is 3.03. The number of thioether (sulfide) groups is 1. The highest BCUT2D eigenvalue weighted by molar-refractivity contribution is 7.99. The van der Waals surface area contributed by atoms with E-state index in [9.17, 15) is 0 Å². The van der Waals surface area contributed by atoms with Crippen molar-refractivity contribution in [1.29, 1.82) is 5.26 Å². The first-order valence-corrected chi connectivity index (χ1v) is 5.06. The van der Waals surface area contributed by atoms with E-state index in [1.807, 2.05) is 6.07 Å². The summed E-state index contributed by atoms with van der Waals surface area (Å²) in [4.78, 5) is 8.03. The highest BCUT2D eigenvalue weighted by Gasteiger charge is 2.05. The molecule has 1 rings (SSSR count). The molecule has 0 aliphatic carbocycles. The van der Waals surface area contributed by atoms with Gasteiger partial charge in [0.25, 0.3) is 0 Å². The van der Waals surface area contributed by atoms with Crippen molar-refractivity contribution in [2.24, 2.45) is 5.92 Å². The minimum Gasteiger partial charge on any atom is -0.245 e. The van der Waals surface area contributed by atoms with Gasteiger partial charge < -0.3 is 0 Å². The molecule has 0 atom stereocenters. The SMILES string of the molecule is CC(C)CSc1nccnc1C#N. The normalized spacial score (nSPS) is 10.0. The summed E-state index contributed by atoms with van der Waals surface area (Å²) in [5.41, 5.74) is 0.424. The summed E-state index contributed by atoms with van der Waals surface area (Å²) in [5, 5.41) is 9.45. The number of rotatable bonds is 3. The van der Waals surface area contributed by atoms with Crippen molar-refractivity contribution in [3.63, 3.8) is 0 Å². The molecule has 0 radical (unpaired) electrons. The predicted octanol–water partition coefficient (Wildman–Crippen LogP) is 2.10. The van der Waals surface area contributed by atoms with E-state index in [1.54, 1.807) is 18.0 Å². The highest BCUT2D eigenvalue weighted by Crippen LogP contribution is 2.19. The molecule has 0 bridgehead atoms. The predicted molar refractivity (Wildman–Crippen MR) is 52.3 cm³/mol. The summed E-state index contributed by atoms with van der Waals surface area (Å²) in [5.74, 6) is 1.56. The molecule has 3 nitrogen and oxygen atoms in total. The zero-order valence-electron chi connectivity index (χ0n) is 7.69. The third-order valence-corrected chi connectivity index (χ3v) is 2.73. The zero-order valence-corrected chi connectivity index (χ0v) is 8.51. The van der Waals surface area contributed by atoms with Crippen LogP contribution >= 0.6 is 11.8 Å². The fourth-order valence-electron chi connectivity index (χ4n) is 0.753. The molecule has 1 aromatic heterocycles. The molecular weight excluding hydrogens is 182 g/mol. The van der Waals surface area contributed by atoms with E-state index in [0.29, 0.717) is 11.6 Å². The van der Waals surface area contributed by atoms with Crippen LogP contribution in [0.25, 0.3) is 0 Å². The standard InChI is InChI=1S/C9H11N3S/c1-7(2)6-13-9-8(5-10)11-3-4-12-9/h3-4,7H,6H2,1-2H3. The van der Waals surface area contributed by atoms with Gasteiger partial charge in [-0.25, -0.2) is 9.97 Å². The van der Waals surface area contributed by atoms with E-state index in [-0.39, 0.29) is 0 Å². The van der Waals surface area contributed by atoms with Gasteiger partial charge in [-0.05, 0) is 5.92 Å². The maximum absolute atomic E-state index is 8.72. The number of nitrogens with zero attached hydrogens (tertiary/aromatic N) is 3. The van der Waals surface area contributed by atoms with Gasteiger partial charge in [0.2, 0.25) is 0 Å². The van der Waals surface area contributed by atoms with Crippen LogP contribution in [0, 0.1) is 17.2 Å². The first kappa shape index (κ1) is 10.0. The fraction of sp³-hybridized carbons (Fsp3) is 0.444. The first-order valence-electron chi connectivity index (χ1n) is 4.08. The molecule has 0 fully saturated rings. The Morgan fingerprint density at radius 1 is 1.46 bits per heavy atom. The van der Waals surface area contributed by atoms with E-state index >= 15 is 0 Å². The van der Waals surface area contributed by atoms with Gasteiger partial charge in [-0.1, -0.05) is 13.8 Å². The number of nitriles is 1. The smallest absolute Gasteiger partial charge is 0.172 e. The van der Waals surface area contributed by atoms with Gasteiger partial charge in [-0.2, -0.15) is 5.26 Å². The molecule has 0 unspecified atom stereocenters. The van der Waals surface area contributed by atoms with E-state index in [4.69, 9.17) is 5.26 Å². The molecule has 0 saturated heterocycles. The lowest BCUT2D eigenvalue weighted by atomic mass is 10.3. The van der Waals surface area contributed by atoms with Crippen LogP contribution in [0.3, 0.4) is 0 Å². The lowest BCUT2D eigenvalue weighted by Gasteiger charge is -2.03. The van der Waals surface area contributed by atoms with E-state index in [1.165, 1.54) is 6.20 Å². The Labute approximate surface area is 82.2 Å². The van der Waals surface area contributed by atoms with Crippen molar-refractivity contribution < 1.29 is 0 Å². The molecule has 0 aromatic carbocycles. The van der Waals surface area contributed by atoms with Crippen LogP contribution in [-0.2, 0) is 0 Å². The number of hydrogen-bond donors (Lipinski definition) is 0. The van der Waals surface area contributed by atoms with Crippen molar-refractivity contribution in [1.82, 2.24) is 9.97 Å². The summed E-state index contributed by atoms with van der Waals surface area (Å²) in [6.45, 7) is 4.27. The van der Waals surface area contributed by atoms with Crippen molar-refractivity contribution in [3.8, 4) is 6.07 Å². The maximum Gasteiger partial charge on any atom is 0.172 e. The monoisotopic (exact) mass is 193 g/mol. The molecule has 0 aliphatic rings. The van der Waals surface area contributed by atoms with Gasteiger partial charge >= 0.3 is 0 Å². The molecule has 1 heterocycles. The average Bonchev–Trinajstić information content (AvgIpc) is 2.15. The Morgan fingerprint density at radius 2 is 2.15 bits per heavy atom. The summed E-state index contributed by atoms with van der Waals surface area (Å²) in [6.07, 6.45) is 3.15. The summed E-state index contributed by atoms with van der Waals surface area (Å²) < 4.78 is 0. The quantitative estimate of drug-likeness (QED) is 0.690. The van der Waals surface area contributed by atoms with Crippen molar-refractivity contribution in [2.45, 2.75) is 18.9 Å². The van der Waals surface area contributed by atoms with Gasteiger partial charge in [-0.3, -0.25) is 0 Å². The Kier molecular flexibility index (Phi) is 3.71. The van der Waals surface area contributed by atoms with E-state index in [0.717, 1.165) is 10.8 Å². The van der Waals surface area contributed by atoms with Gasteiger partial charge in [0.1, 0.15) is 11.1 Å². The molecule has 0 aliphatic heterocycles. The molecular formula is C9H11N3S. The minimum absolute atomic E-state index is 0.424. The van der Waals surface area contributed by atoms with Crippen LogP contribution in [0.15, 0.2) is 17.4 Å².